The van der Waals surface area contributed by atoms with E-state index in [2.05, 4.69) is 20.8 Å². The smallest absolute Gasteiger partial charge is 0.323 e. The Labute approximate surface area is 148 Å². The Kier molecular flexibility index (Phi) is 11.8. The lowest BCUT2D eigenvalue weighted by Gasteiger charge is -2.29. The van der Waals surface area contributed by atoms with E-state index in [0.717, 1.165) is 25.7 Å². The van der Waals surface area contributed by atoms with Crippen molar-refractivity contribution in [3.8, 4) is 0 Å². The SMILES string of the molecule is CCCCCCCOC(=O)C(CC)(CC)C(=O)OC(C)CC(C)C. The van der Waals surface area contributed by atoms with Gasteiger partial charge in [-0.3, -0.25) is 9.59 Å². The zero-order chi connectivity index (χ0) is 18.6. The van der Waals surface area contributed by atoms with Crippen LogP contribution in [-0.2, 0) is 19.1 Å². The molecule has 0 aliphatic carbocycles. The number of carbonyl (C=O) groups is 2. The molecule has 4 heteroatoms. The van der Waals surface area contributed by atoms with Crippen molar-refractivity contribution in [2.45, 2.75) is 99.0 Å². The van der Waals surface area contributed by atoms with Gasteiger partial charge in [-0.2, -0.15) is 0 Å². The monoisotopic (exact) mass is 342 g/mol. The summed E-state index contributed by atoms with van der Waals surface area (Å²) in [7, 11) is 0. The zero-order valence-electron chi connectivity index (χ0n) is 16.7. The normalized spacial score (nSPS) is 13.0. The molecular weight excluding hydrogens is 304 g/mol. The zero-order valence-corrected chi connectivity index (χ0v) is 16.7. The molecule has 0 N–H and O–H groups in total. The minimum absolute atomic E-state index is 0.184. The van der Waals surface area contributed by atoms with E-state index in [-0.39, 0.29) is 6.10 Å². The number of carbonyl (C=O) groups excluding carboxylic acids is 2. The Morgan fingerprint density at radius 1 is 0.875 bits per heavy atom. The molecule has 0 rings (SSSR count). The fourth-order valence-corrected chi connectivity index (χ4v) is 2.93. The quantitative estimate of drug-likeness (QED) is 0.259. The van der Waals surface area contributed by atoms with E-state index < -0.39 is 17.4 Å². The standard InChI is InChI=1S/C20H38O4/c1-7-10-11-12-13-14-23-18(21)20(8-2,9-3)19(22)24-17(6)15-16(4)5/h16-17H,7-15H2,1-6H3. The predicted molar refractivity (Wildman–Crippen MR) is 97.7 cm³/mol. The summed E-state index contributed by atoms with van der Waals surface area (Å²) >= 11 is 0. The molecule has 0 saturated carbocycles. The van der Waals surface area contributed by atoms with Crippen LogP contribution in [0, 0.1) is 11.3 Å². The molecule has 142 valence electrons. The van der Waals surface area contributed by atoms with E-state index in [0.29, 0.717) is 25.4 Å². The molecule has 0 aliphatic rings. The van der Waals surface area contributed by atoms with Crippen molar-refractivity contribution in [1.29, 1.82) is 0 Å². The molecular formula is C20H38O4. The average molecular weight is 343 g/mol. The van der Waals surface area contributed by atoms with E-state index in [1.807, 2.05) is 20.8 Å². The fourth-order valence-electron chi connectivity index (χ4n) is 2.93. The summed E-state index contributed by atoms with van der Waals surface area (Å²) in [5.74, 6) is -0.415. The van der Waals surface area contributed by atoms with Gasteiger partial charge in [-0.25, -0.2) is 0 Å². The summed E-state index contributed by atoms with van der Waals surface area (Å²) in [6, 6.07) is 0. The van der Waals surface area contributed by atoms with Crippen LogP contribution in [0.5, 0.6) is 0 Å². The van der Waals surface area contributed by atoms with Crippen LogP contribution in [0.1, 0.15) is 92.9 Å². The van der Waals surface area contributed by atoms with Crippen molar-refractivity contribution in [1.82, 2.24) is 0 Å². The third kappa shape index (κ3) is 7.67. The van der Waals surface area contributed by atoms with Crippen molar-refractivity contribution in [2.75, 3.05) is 6.61 Å². The van der Waals surface area contributed by atoms with Gasteiger partial charge in [-0.05, 0) is 38.5 Å². The summed E-state index contributed by atoms with van der Waals surface area (Å²) in [6.07, 6.45) is 6.90. The van der Waals surface area contributed by atoms with Crippen LogP contribution >= 0.6 is 0 Å². The fraction of sp³-hybridized carbons (Fsp3) is 0.900. The van der Waals surface area contributed by atoms with Crippen molar-refractivity contribution in [3.63, 3.8) is 0 Å². The molecule has 1 atom stereocenters. The van der Waals surface area contributed by atoms with Crippen molar-refractivity contribution < 1.29 is 19.1 Å². The van der Waals surface area contributed by atoms with Crippen LogP contribution in [0.3, 0.4) is 0 Å². The molecule has 24 heavy (non-hydrogen) atoms. The van der Waals surface area contributed by atoms with Gasteiger partial charge < -0.3 is 9.47 Å². The van der Waals surface area contributed by atoms with Crippen LogP contribution in [0.4, 0.5) is 0 Å². The van der Waals surface area contributed by atoms with Crippen LogP contribution < -0.4 is 0 Å². The number of esters is 2. The highest BCUT2D eigenvalue weighted by molar-refractivity contribution is 6.00. The molecule has 0 aromatic carbocycles. The molecule has 4 nitrogen and oxygen atoms in total. The second-order valence-corrected chi connectivity index (χ2v) is 7.18. The van der Waals surface area contributed by atoms with Gasteiger partial charge in [0.15, 0.2) is 5.41 Å². The number of ether oxygens (including phenoxy) is 2. The largest absolute Gasteiger partial charge is 0.465 e. The van der Waals surface area contributed by atoms with E-state index in [1.165, 1.54) is 12.8 Å². The summed E-state index contributed by atoms with van der Waals surface area (Å²) in [4.78, 5) is 25.1. The highest BCUT2D eigenvalue weighted by atomic mass is 16.6. The van der Waals surface area contributed by atoms with Crippen molar-refractivity contribution in [3.05, 3.63) is 0 Å². The Hall–Kier alpha value is -1.06. The number of hydrogen-bond acceptors (Lipinski definition) is 4. The van der Waals surface area contributed by atoms with Gasteiger partial charge in [0.2, 0.25) is 0 Å². The van der Waals surface area contributed by atoms with Crippen molar-refractivity contribution >= 4 is 11.9 Å². The molecule has 0 aromatic heterocycles. The van der Waals surface area contributed by atoms with Crippen LogP contribution in [-0.4, -0.2) is 24.6 Å². The first-order chi connectivity index (χ1) is 11.3. The first kappa shape index (κ1) is 22.9. The molecule has 0 heterocycles. The van der Waals surface area contributed by atoms with Gasteiger partial charge in [-0.15, -0.1) is 0 Å². The molecule has 1 unspecified atom stereocenters. The lowest BCUT2D eigenvalue weighted by Crippen LogP contribution is -2.42. The van der Waals surface area contributed by atoms with Gasteiger partial charge in [0.25, 0.3) is 0 Å². The Bertz CT molecular complexity index is 359. The van der Waals surface area contributed by atoms with Crippen molar-refractivity contribution in [2.24, 2.45) is 11.3 Å². The molecule has 0 aromatic rings. The van der Waals surface area contributed by atoms with E-state index in [9.17, 15) is 9.59 Å². The molecule has 0 spiro atoms. The number of unbranched alkanes of at least 4 members (excludes halogenated alkanes) is 4. The van der Waals surface area contributed by atoms with Gasteiger partial charge in [-0.1, -0.05) is 60.3 Å². The molecule has 0 bridgehead atoms. The van der Waals surface area contributed by atoms with Crippen LogP contribution in [0.25, 0.3) is 0 Å². The Balaban J connectivity index is 4.60. The van der Waals surface area contributed by atoms with Gasteiger partial charge in [0.05, 0.1) is 12.7 Å². The maximum Gasteiger partial charge on any atom is 0.323 e. The minimum Gasteiger partial charge on any atom is -0.465 e. The van der Waals surface area contributed by atoms with Gasteiger partial charge in [0.1, 0.15) is 0 Å². The van der Waals surface area contributed by atoms with Crippen LogP contribution in [0.2, 0.25) is 0 Å². The van der Waals surface area contributed by atoms with Crippen LogP contribution in [0.15, 0.2) is 0 Å². The third-order valence-electron chi connectivity index (χ3n) is 4.58. The lowest BCUT2D eigenvalue weighted by molar-refractivity contribution is -0.176. The minimum atomic E-state index is -1.16. The molecule has 0 amide bonds. The van der Waals surface area contributed by atoms with E-state index in [1.54, 1.807) is 0 Å². The first-order valence-corrected chi connectivity index (χ1v) is 9.72. The van der Waals surface area contributed by atoms with E-state index in [4.69, 9.17) is 9.47 Å². The van der Waals surface area contributed by atoms with Gasteiger partial charge in [0, 0.05) is 0 Å². The predicted octanol–water partition coefficient (Wildman–Crippen LogP) is 5.28. The topological polar surface area (TPSA) is 52.6 Å². The Morgan fingerprint density at radius 3 is 1.96 bits per heavy atom. The Morgan fingerprint density at radius 2 is 1.46 bits per heavy atom. The summed E-state index contributed by atoms with van der Waals surface area (Å²) < 4.78 is 11.0. The number of hydrogen-bond donors (Lipinski definition) is 0. The average Bonchev–Trinajstić information content (AvgIpc) is 2.51. The first-order valence-electron chi connectivity index (χ1n) is 9.72. The maximum absolute atomic E-state index is 12.6. The maximum atomic E-state index is 12.6. The molecule has 0 aliphatic heterocycles. The lowest BCUT2D eigenvalue weighted by atomic mass is 9.82. The van der Waals surface area contributed by atoms with E-state index >= 15 is 0 Å². The molecule has 0 saturated heterocycles. The summed E-state index contributed by atoms with van der Waals surface area (Å²) in [5, 5.41) is 0. The second kappa shape index (κ2) is 12.3. The molecule has 0 fully saturated rings. The summed E-state index contributed by atoms with van der Waals surface area (Å²) in [6.45, 7) is 12.3. The van der Waals surface area contributed by atoms with Gasteiger partial charge >= 0.3 is 11.9 Å². The summed E-state index contributed by atoms with van der Waals surface area (Å²) in [5.41, 5.74) is -1.16. The molecule has 0 radical (unpaired) electrons. The highest BCUT2D eigenvalue weighted by Crippen LogP contribution is 2.31. The second-order valence-electron chi connectivity index (χ2n) is 7.18. The highest BCUT2D eigenvalue weighted by Gasteiger charge is 2.46. The number of rotatable bonds is 13. The third-order valence-corrected chi connectivity index (χ3v) is 4.58.